The van der Waals surface area contributed by atoms with Gasteiger partial charge in [-0.2, -0.15) is 0 Å². The first-order valence-electron chi connectivity index (χ1n) is 4.80. The molecule has 0 radical (unpaired) electrons. The summed E-state index contributed by atoms with van der Waals surface area (Å²) in [7, 11) is 0. The fourth-order valence-electron chi connectivity index (χ4n) is 1.50. The fourth-order valence-corrected chi connectivity index (χ4v) is 1.50. The molecule has 1 rings (SSSR count). The molecule has 1 saturated heterocycles. The minimum atomic E-state index is -0.0635. The molecule has 4 nitrogen and oxygen atoms in total. The van der Waals surface area contributed by atoms with Crippen LogP contribution in [0.5, 0.6) is 0 Å². The summed E-state index contributed by atoms with van der Waals surface area (Å²) in [5.74, 6) is 0.154. The van der Waals surface area contributed by atoms with E-state index in [-0.39, 0.29) is 17.5 Å². The number of nitrogens with two attached hydrogens (primary N) is 1. The van der Waals surface area contributed by atoms with Crippen LogP contribution in [-0.2, 0) is 4.79 Å². The highest BCUT2D eigenvalue weighted by molar-refractivity contribution is 5.79. The molecule has 1 aliphatic rings. The highest BCUT2D eigenvalue weighted by Gasteiger charge is 2.37. The van der Waals surface area contributed by atoms with Crippen molar-refractivity contribution in [1.29, 1.82) is 0 Å². The Hall–Kier alpha value is -0.610. The monoisotopic (exact) mass is 185 g/mol. The van der Waals surface area contributed by atoms with Gasteiger partial charge in [-0.25, -0.2) is 5.43 Å². The van der Waals surface area contributed by atoms with Gasteiger partial charge in [0.25, 0.3) is 0 Å². The SMILES string of the molecule is CCC1(C)CC(=O)N(CC(C)N)N1. The molecular weight excluding hydrogens is 166 g/mol. The molecular formula is C9H19N3O. The maximum atomic E-state index is 11.5. The number of carbonyl (C=O) groups excluding carboxylic acids is 1. The molecule has 3 N–H and O–H groups in total. The molecule has 0 bridgehead atoms. The Morgan fingerprint density at radius 3 is 2.77 bits per heavy atom. The van der Waals surface area contributed by atoms with Crippen molar-refractivity contribution in [2.24, 2.45) is 5.73 Å². The van der Waals surface area contributed by atoms with Gasteiger partial charge in [0.05, 0.1) is 6.54 Å². The highest BCUT2D eigenvalue weighted by atomic mass is 16.2. The summed E-state index contributed by atoms with van der Waals surface area (Å²) in [6, 6.07) is 0.0238. The van der Waals surface area contributed by atoms with Crippen LogP contribution in [0.15, 0.2) is 0 Å². The Balaban J connectivity index is 2.56. The lowest BCUT2D eigenvalue weighted by Gasteiger charge is -2.25. The maximum Gasteiger partial charge on any atom is 0.238 e. The minimum Gasteiger partial charge on any atom is -0.326 e. The van der Waals surface area contributed by atoms with Crippen molar-refractivity contribution >= 4 is 5.91 Å². The van der Waals surface area contributed by atoms with Crippen LogP contribution in [0.1, 0.15) is 33.6 Å². The fraction of sp³-hybridized carbons (Fsp3) is 0.889. The number of hydrogen-bond donors (Lipinski definition) is 2. The van der Waals surface area contributed by atoms with Crippen LogP contribution >= 0.6 is 0 Å². The summed E-state index contributed by atoms with van der Waals surface area (Å²) in [4.78, 5) is 11.5. The average Bonchev–Trinajstić information content (AvgIpc) is 2.27. The quantitative estimate of drug-likeness (QED) is 0.662. The van der Waals surface area contributed by atoms with Crippen LogP contribution in [-0.4, -0.2) is 29.0 Å². The van der Waals surface area contributed by atoms with Gasteiger partial charge in [-0.3, -0.25) is 9.80 Å². The van der Waals surface area contributed by atoms with Crippen molar-refractivity contribution in [3.63, 3.8) is 0 Å². The van der Waals surface area contributed by atoms with Gasteiger partial charge in [-0.05, 0) is 20.3 Å². The summed E-state index contributed by atoms with van der Waals surface area (Å²) in [6.07, 6.45) is 1.53. The zero-order valence-electron chi connectivity index (χ0n) is 8.63. The number of hydrazine groups is 1. The van der Waals surface area contributed by atoms with E-state index >= 15 is 0 Å². The standard InChI is InChI=1S/C9H19N3O/c1-4-9(3)5-8(13)12(11-9)6-7(2)10/h7,11H,4-6,10H2,1-3H3. The van der Waals surface area contributed by atoms with Crippen molar-refractivity contribution in [3.8, 4) is 0 Å². The lowest BCUT2D eigenvalue weighted by Crippen LogP contribution is -2.47. The third-order valence-corrected chi connectivity index (χ3v) is 2.50. The van der Waals surface area contributed by atoms with Gasteiger partial charge in [0, 0.05) is 18.0 Å². The number of amides is 1. The van der Waals surface area contributed by atoms with Gasteiger partial charge >= 0.3 is 0 Å². The number of hydrogen-bond acceptors (Lipinski definition) is 3. The molecule has 0 spiro atoms. The van der Waals surface area contributed by atoms with E-state index in [4.69, 9.17) is 5.73 Å². The molecule has 2 unspecified atom stereocenters. The molecule has 2 atom stereocenters. The number of nitrogens with one attached hydrogen (secondary N) is 1. The second-order valence-corrected chi connectivity index (χ2v) is 4.18. The van der Waals surface area contributed by atoms with E-state index in [2.05, 4.69) is 19.3 Å². The number of nitrogens with zero attached hydrogens (tertiary/aromatic N) is 1. The molecule has 1 aliphatic heterocycles. The number of rotatable bonds is 3. The smallest absolute Gasteiger partial charge is 0.238 e. The van der Waals surface area contributed by atoms with Gasteiger partial charge in [-0.15, -0.1) is 0 Å². The largest absolute Gasteiger partial charge is 0.326 e. The number of carbonyl (C=O) groups is 1. The molecule has 76 valence electrons. The molecule has 1 heterocycles. The molecule has 0 aromatic carbocycles. The van der Waals surface area contributed by atoms with Gasteiger partial charge in [-0.1, -0.05) is 6.92 Å². The lowest BCUT2D eigenvalue weighted by molar-refractivity contribution is -0.129. The average molecular weight is 185 g/mol. The summed E-state index contributed by atoms with van der Waals surface area (Å²) < 4.78 is 0. The maximum absolute atomic E-state index is 11.5. The molecule has 0 saturated carbocycles. The molecule has 1 fully saturated rings. The molecule has 4 heteroatoms. The Morgan fingerprint density at radius 1 is 1.77 bits per heavy atom. The Bertz CT molecular complexity index is 205. The molecule has 1 amide bonds. The summed E-state index contributed by atoms with van der Waals surface area (Å²) >= 11 is 0. The minimum absolute atomic E-state index is 0.0238. The highest BCUT2D eigenvalue weighted by Crippen LogP contribution is 2.22. The molecule has 0 aliphatic carbocycles. The van der Waals surface area contributed by atoms with Crippen LogP contribution in [0.2, 0.25) is 0 Å². The van der Waals surface area contributed by atoms with Crippen molar-refractivity contribution in [1.82, 2.24) is 10.4 Å². The van der Waals surface area contributed by atoms with Crippen molar-refractivity contribution in [2.75, 3.05) is 6.54 Å². The van der Waals surface area contributed by atoms with Crippen LogP contribution in [0.3, 0.4) is 0 Å². The zero-order valence-corrected chi connectivity index (χ0v) is 8.63. The zero-order chi connectivity index (χ0) is 10.1. The van der Waals surface area contributed by atoms with Crippen LogP contribution < -0.4 is 11.2 Å². The lowest BCUT2D eigenvalue weighted by atomic mass is 9.97. The van der Waals surface area contributed by atoms with Gasteiger partial charge < -0.3 is 5.73 Å². The molecule has 0 aromatic heterocycles. The van der Waals surface area contributed by atoms with Gasteiger partial charge in [0.1, 0.15) is 0 Å². The summed E-state index contributed by atoms with van der Waals surface area (Å²) in [6.45, 7) is 6.63. The van der Waals surface area contributed by atoms with Gasteiger partial charge in [0.15, 0.2) is 0 Å². The van der Waals surface area contributed by atoms with Crippen molar-refractivity contribution in [2.45, 2.75) is 45.2 Å². The predicted molar refractivity (Wildman–Crippen MR) is 51.8 cm³/mol. The molecule has 13 heavy (non-hydrogen) atoms. The molecule has 0 aromatic rings. The normalized spacial score (nSPS) is 31.1. The first kappa shape index (κ1) is 10.5. The topological polar surface area (TPSA) is 58.4 Å². The van der Waals surface area contributed by atoms with E-state index < -0.39 is 0 Å². The van der Waals surface area contributed by atoms with E-state index in [9.17, 15) is 4.79 Å². The second kappa shape index (κ2) is 3.64. The third kappa shape index (κ3) is 2.42. The van der Waals surface area contributed by atoms with Crippen molar-refractivity contribution in [3.05, 3.63) is 0 Å². The van der Waals surface area contributed by atoms with Gasteiger partial charge in [0.2, 0.25) is 5.91 Å². The van der Waals surface area contributed by atoms with E-state index in [1.165, 1.54) is 0 Å². The van der Waals surface area contributed by atoms with E-state index in [1.54, 1.807) is 5.01 Å². The summed E-state index contributed by atoms with van der Waals surface area (Å²) in [5.41, 5.74) is 8.77. The van der Waals surface area contributed by atoms with Crippen LogP contribution in [0.4, 0.5) is 0 Å². The first-order chi connectivity index (χ1) is 5.97. The third-order valence-electron chi connectivity index (χ3n) is 2.50. The van der Waals surface area contributed by atoms with E-state index in [0.29, 0.717) is 13.0 Å². The van der Waals surface area contributed by atoms with Crippen molar-refractivity contribution < 1.29 is 4.79 Å². The Kier molecular flexibility index (Phi) is 2.93. The second-order valence-electron chi connectivity index (χ2n) is 4.18. The Morgan fingerprint density at radius 2 is 2.38 bits per heavy atom. The first-order valence-corrected chi connectivity index (χ1v) is 4.80. The van der Waals surface area contributed by atoms with E-state index in [1.807, 2.05) is 6.92 Å². The van der Waals surface area contributed by atoms with Crippen LogP contribution in [0, 0.1) is 0 Å². The van der Waals surface area contributed by atoms with Crippen LogP contribution in [0.25, 0.3) is 0 Å². The predicted octanol–water partition coefficient (Wildman–Crippen LogP) is 0.239. The summed E-state index contributed by atoms with van der Waals surface area (Å²) in [5, 5.41) is 1.65. The van der Waals surface area contributed by atoms with E-state index in [0.717, 1.165) is 6.42 Å². The Labute approximate surface area is 79.4 Å².